The molecule has 0 bridgehead atoms. The summed E-state index contributed by atoms with van der Waals surface area (Å²) in [7, 11) is 1.75. The van der Waals surface area contributed by atoms with E-state index in [4.69, 9.17) is 4.74 Å². The first-order valence-corrected chi connectivity index (χ1v) is 8.85. The monoisotopic (exact) mass is 353 g/mol. The van der Waals surface area contributed by atoms with E-state index in [1.54, 1.807) is 7.11 Å². The highest BCUT2D eigenvalue weighted by Gasteiger charge is 2.31. The quantitative estimate of drug-likeness (QED) is 0.757. The molecule has 1 aromatic carbocycles. The second-order valence-electron chi connectivity index (χ2n) is 6.78. The average molecular weight is 354 g/mol. The van der Waals surface area contributed by atoms with Crippen molar-refractivity contribution in [1.82, 2.24) is 0 Å². The lowest BCUT2D eigenvalue weighted by Crippen LogP contribution is -2.38. The third-order valence-corrected chi connectivity index (χ3v) is 5.51. The van der Waals surface area contributed by atoms with E-state index in [0.29, 0.717) is 12.6 Å². The van der Waals surface area contributed by atoms with Crippen LogP contribution in [0.4, 0.5) is 5.69 Å². The molecule has 1 N–H and O–H groups in total. The Morgan fingerprint density at radius 2 is 2.10 bits per heavy atom. The van der Waals surface area contributed by atoms with Crippen LogP contribution in [0.5, 0.6) is 0 Å². The molecule has 0 aliphatic heterocycles. The molecule has 3 unspecified atom stereocenters. The van der Waals surface area contributed by atoms with Gasteiger partial charge in [0.05, 0.1) is 6.61 Å². The van der Waals surface area contributed by atoms with Crippen LogP contribution in [-0.2, 0) is 11.3 Å². The highest BCUT2D eigenvalue weighted by Crippen LogP contribution is 2.36. The number of ether oxygens (including phenoxy) is 1. The molecule has 2 nitrogen and oxygen atoms in total. The summed E-state index contributed by atoms with van der Waals surface area (Å²) in [5.41, 5.74) is 2.44. The van der Waals surface area contributed by atoms with E-state index in [1.807, 2.05) is 0 Å². The lowest BCUT2D eigenvalue weighted by atomic mass is 9.74. The lowest BCUT2D eigenvalue weighted by Gasteiger charge is -2.38. The number of hydrogen-bond donors (Lipinski definition) is 1. The van der Waals surface area contributed by atoms with Crippen LogP contribution >= 0.6 is 15.9 Å². The van der Waals surface area contributed by atoms with Gasteiger partial charge in [0.25, 0.3) is 0 Å². The van der Waals surface area contributed by atoms with Crippen molar-refractivity contribution in [3.63, 3.8) is 0 Å². The van der Waals surface area contributed by atoms with Gasteiger partial charge in [-0.3, -0.25) is 0 Å². The Morgan fingerprint density at radius 1 is 1.33 bits per heavy atom. The lowest BCUT2D eigenvalue weighted by molar-refractivity contribution is 0.184. The fourth-order valence-electron chi connectivity index (χ4n) is 3.55. The topological polar surface area (TPSA) is 21.3 Å². The van der Waals surface area contributed by atoms with Crippen molar-refractivity contribution in [2.45, 2.75) is 52.7 Å². The molecule has 1 saturated carbocycles. The number of hydrogen-bond acceptors (Lipinski definition) is 2. The van der Waals surface area contributed by atoms with Gasteiger partial charge in [-0.2, -0.15) is 0 Å². The molecule has 2 rings (SSSR count). The predicted molar refractivity (Wildman–Crippen MR) is 93.6 cm³/mol. The maximum atomic E-state index is 5.36. The summed E-state index contributed by atoms with van der Waals surface area (Å²) >= 11 is 3.65. The third-order valence-electron chi connectivity index (χ3n) is 4.77. The summed E-state index contributed by atoms with van der Waals surface area (Å²) < 4.78 is 6.49. The Morgan fingerprint density at radius 3 is 2.76 bits per heavy atom. The zero-order chi connectivity index (χ0) is 15.4. The molecular weight excluding hydrogens is 326 g/mol. The molecule has 0 radical (unpaired) electrons. The van der Waals surface area contributed by atoms with Gasteiger partial charge in [0.2, 0.25) is 0 Å². The molecule has 0 aromatic heterocycles. The Labute approximate surface area is 137 Å². The van der Waals surface area contributed by atoms with Gasteiger partial charge in [0.1, 0.15) is 0 Å². The van der Waals surface area contributed by atoms with Crippen LogP contribution in [0.15, 0.2) is 22.7 Å². The van der Waals surface area contributed by atoms with Crippen LogP contribution in [0.25, 0.3) is 0 Å². The maximum Gasteiger partial charge on any atom is 0.0744 e. The predicted octanol–water partition coefficient (Wildman–Crippen LogP) is 5.47. The molecule has 118 valence electrons. The zero-order valence-corrected chi connectivity index (χ0v) is 15.2. The number of benzene rings is 1. The van der Waals surface area contributed by atoms with E-state index in [-0.39, 0.29) is 0 Å². The van der Waals surface area contributed by atoms with Crippen molar-refractivity contribution < 1.29 is 4.74 Å². The fraction of sp³-hybridized carbons (Fsp3) is 0.667. The van der Waals surface area contributed by atoms with E-state index in [2.05, 4.69) is 60.2 Å². The SMILES string of the molecule is COCc1c(Br)cccc1NC1CC(C)CCC1C(C)C. The highest BCUT2D eigenvalue weighted by molar-refractivity contribution is 9.10. The molecule has 3 heteroatoms. The second-order valence-corrected chi connectivity index (χ2v) is 7.63. The number of anilines is 1. The molecule has 0 spiro atoms. The molecule has 1 aliphatic rings. The minimum Gasteiger partial charge on any atom is -0.382 e. The Bertz CT molecular complexity index is 461. The minimum absolute atomic E-state index is 0.568. The standard InChI is InChI=1S/C18H28BrNO/c1-12(2)14-9-8-13(3)10-18(14)20-17-7-5-6-16(19)15(17)11-21-4/h5-7,12-14,18,20H,8-11H2,1-4H3. The van der Waals surface area contributed by atoms with Crippen LogP contribution in [0.1, 0.15) is 45.6 Å². The second kappa shape index (κ2) is 7.64. The summed E-state index contributed by atoms with van der Waals surface area (Å²) in [5, 5.41) is 3.83. The number of rotatable bonds is 5. The first-order valence-electron chi connectivity index (χ1n) is 8.05. The van der Waals surface area contributed by atoms with Crippen molar-refractivity contribution >= 4 is 21.6 Å². The van der Waals surface area contributed by atoms with Crippen molar-refractivity contribution in [3.8, 4) is 0 Å². The number of nitrogens with one attached hydrogen (secondary N) is 1. The fourth-order valence-corrected chi connectivity index (χ4v) is 4.03. The van der Waals surface area contributed by atoms with Crippen molar-refractivity contribution in [1.29, 1.82) is 0 Å². The van der Waals surface area contributed by atoms with Crippen LogP contribution in [0, 0.1) is 17.8 Å². The molecule has 1 fully saturated rings. The molecule has 3 atom stereocenters. The first kappa shape index (κ1) is 16.8. The largest absolute Gasteiger partial charge is 0.382 e. The number of halogens is 1. The smallest absolute Gasteiger partial charge is 0.0744 e. The molecule has 0 heterocycles. The Kier molecular flexibility index (Phi) is 6.12. The Balaban J connectivity index is 2.20. The van der Waals surface area contributed by atoms with Crippen LogP contribution in [-0.4, -0.2) is 13.2 Å². The summed E-state index contributed by atoms with van der Waals surface area (Å²) in [4.78, 5) is 0. The molecule has 0 amide bonds. The molecule has 1 aromatic rings. The normalized spacial score (nSPS) is 26.1. The van der Waals surface area contributed by atoms with Gasteiger partial charge in [-0.1, -0.05) is 49.2 Å². The van der Waals surface area contributed by atoms with Gasteiger partial charge in [0, 0.05) is 28.9 Å². The van der Waals surface area contributed by atoms with E-state index in [0.717, 1.165) is 22.2 Å². The van der Waals surface area contributed by atoms with Gasteiger partial charge < -0.3 is 10.1 Å². The minimum atomic E-state index is 0.568. The van der Waals surface area contributed by atoms with Gasteiger partial charge in [0.15, 0.2) is 0 Å². The Hall–Kier alpha value is -0.540. The summed E-state index contributed by atoms with van der Waals surface area (Å²) in [6.45, 7) is 7.72. The highest BCUT2D eigenvalue weighted by atomic mass is 79.9. The van der Waals surface area contributed by atoms with Gasteiger partial charge in [-0.15, -0.1) is 0 Å². The molecule has 1 aliphatic carbocycles. The molecular formula is C18H28BrNO. The van der Waals surface area contributed by atoms with Crippen molar-refractivity contribution in [3.05, 3.63) is 28.2 Å². The number of methoxy groups -OCH3 is 1. The van der Waals surface area contributed by atoms with Gasteiger partial charge in [-0.25, -0.2) is 0 Å². The van der Waals surface area contributed by atoms with Crippen molar-refractivity contribution in [2.75, 3.05) is 12.4 Å². The average Bonchev–Trinajstić information content (AvgIpc) is 2.42. The van der Waals surface area contributed by atoms with Gasteiger partial charge in [-0.05, 0) is 42.7 Å². The van der Waals surface area contributed by atoms with E-state index in [1.165, 1.54) is 30.5 Å². The van der Waals surface area contributed by atoms with Crippen LogP contribution in [0.2, 0.25) is 0 Å². The zero-order valence-electron chi connectivity index (χ0n) is 13.7. The van der Waals surface area contributed by atoms with E-state index >= 15 is 0 Å². The van der Waals surface area contributed by atoms with E-state index < -0.39 is 0 Å². The van der Waals surface area contributed by atoms with Crippen molar-refractivity contribution in [2.24, 2.45) is 17.8 Å². The summed E-state index contributed by atoms with van der Waals surface area (Å²) in [6.07, 6.45) is 3.97. The van der Waals surface area contributed by atoms with Gasteiger partial charge >= 0.3 is 0 Å². The first-order chi connectivity index (χ1) is 10.0. The summed E-state index contributed by atoms with van der Waals surface area (Å²) in [6, 6.07) is 6.93. The van der Waals surface area contributed by atoms with Crippen LogP contribution in [0.3, 0.4) is 0 Å². The van der Waals surface area contributed by atoms with Crippen LogP contribution < -0.4 is 5.32 Å². The maximum absolute atomic E-state index is 5.36. The molecule has 0 saturated heterocycles. The molecule has 21 heavy (non-hydrogen) atoms. The van der Waals surface area contributed by atoms with E-state index in [9.17, 15) is 0 Å². The summed E-state index contributed by atoms with van der Waals surface area (Å²) in [5.74, 6) is 2.30. The third kappa shape index (κ3) is 4.23.